The third-order valence-electron chi connectivity index (χ3n) is 7.19. The Morgan fingerprint density at radius 3 is 2.61 bits per heavy atom. The first-order valence-electron chi connectivity index (χ1n) is 12.1. The van der Waals surface area contributed by atoms with E-state index in [1.807, 2.05) is 6.07 Å². The van der Waals surface area contributed by atoms with Crippen LogP contribution in [0.1, 0.15) is 55.6 Å². The zero-order valence-electron chi connectivity index (χ0n) is 19.0. The highest BCUT2D eigenvalue weighted by Crippen LogP contribution is 2.38. The fourth-order valence-corrected chi connectivity index (χ4v) is 5.50. The number of halogens is 1. The van der Waals surface area contributed by atoms with Crippen LogP contribution in [0.5, 0.6) is 0 Å². The first kappa shape index (κ1) is 20.3. The Balaban J connectivity index is 1.41. The van der Waals surface area contributed by atoms with Crippen LogP contribution in [0.2, 0.25) is 0 Å². The molecule has 1 atom stereocenters. The lowest BCUT2D eigenvalue weighted by Gasteiger charge is -2.26. The molecule has 1 saturated heterocycles. The van der Waals surface area contributed by atoms with Crippen molar-refractivity contribution in [3.8, 4) is 11.1 Å². The van der Waals surface area contributed by atoms with Gasteiger partial charge in [-0.1, -0.05) is 31.2 Å². The van der Waals surface area contributed by atoms with Crippen molar-refractivity contribution >= 4 is 17.0 Å². The Hall–Kier alpha value is -3.28. The van der Waals surface area contributed by atoms with Crippen molar-refractivity contribution in [2.45, 2.75) is 51.5 Å². The van der Waals surface area contributed by atoms with Gasteiger partial charge in [0, 0.05) is 49.1 Å². The molecule has 168 valence electrons. The van der Waals surface area contributed by atoms with E-state index in [2.05, 4.69) is 50.6 Å². The molecule has 6 heteroatoms. The number of aryl methyl sites for hydroxylation is 2. The van der Waals surface area contributed by atoms with Gasteiger partial charge in [-0.15, -0.1) is 0 Å². The molecule has 0 N–H and O–H groups in total. The molecule has 2 aliphatic heterocycles. The Kier molecular flexibility index (Phi) is 5.08. The number of aromatic nitrogens is 4. The maximum Gasteiger partial charge on any atom is 0.225 e. The highest BCUT2D eigenvalue weighted by molar-refractivity contribution is 5.83. The number of hydrogen-bond acceptors (Lipinski definition) is 4. The fraction of sp³-hybridized carbons (Fsp3) is 0.370. The van der Waals surface area contributed by atoms with E-state index in [1.165, 1.54) is 30.4 Å². The van der Waals surface area contributed by atoms with E-state index < -0.39 is 0 Å². The fourth-order valence-electron chi connectivity index (χ4n) is 5.50. The number of benzene rings is 2. The molecule has 33 heavy (non-hydrogen) atoms. The number of hydrogen-bond donors (Lipinski definition) is 0. The topological polar surface area (TPSA) is 46.8 Å². The van der Waals surface area contributed by atoms with Crippen molar-refractivity contribution < 1.29 is 4.39 Å². The lowest BCUT2D eigenvalue weighted by Crippen LogP contribution is -2.30. The molecule has 4 aromatic rings. The zero-order chi connectivity index (χ0) is 22.4. The number of nitrogens with zero attached hydrogens (tertiary/aromatic N) is 5. The molecule has 1 fully saturated rings. The largest absolute Gasteiger partial charge is 0.341 e. The van der Waals surface area contributed by atoms with Crippen molar-refractivity contribution in [1.29, 1.82) is 0 Å². The maximum atomic E-state index is 15.1. The van der Waals surface area contributed by atoms with Gasteiger partial charge in [0.25, 0.3) is 0 Å². The van der Waals surface area contributed by atoms with Crippen LogP contribution in [0.3, 0.4) is 0 Å². The van der Waals surface area contributed by atoms with Gasteiger partial charge in [-0.25, -0.2) is 19.3 Å². The normalized spacial score (nSPS) is 18.1. The first-order valence-corrected chi connectivity index (χ1v) is 12.1. The molecule has 2 aromatic heterocycles. The summed E-state index contributed by atoms with van der Waals surface area (Å²) in [6.45, 7) is 4.17. The van der Waals surface area contributed by atoms with Gasteiger partial charge in [-0.05, 0) is 49.3 Å². The minimum Gasteiger partial charge on any atom is -0.341 e. The quantitative estimate of drug-likeness (QED) is 0.406. The predicted molar refractivity (Wildman–Crippen MR) is 129 cm³/mol. The van der Waals surface area contributed by atoms with Gasteiger partial charge in [0.1, 0.15) is 11.6 Å². The summed E-state index contributed by atoms with van der Waals surface area (Å²) in [5.74, 6) is 1.50. The Morgan fingerprint density at radius 1 is 1.03 bits per heavy atom. The van der Waals surface area contributed by atoms with Gasteiger partial charge in [0.2, 0.25) is 5.95 Å². The second-order valence-electron chi connectivity index (χ2n) is 9.15. The van der Waals surface area contributed by atoms with Crippen LogP contribution in [0.15, 0.2) is 48.8 Å². The standard InChI is InChI=1S/C27H28FN5/c1-2-18-8-4-5-9-20(18)24-10-11-26-31-23-15-22(28)21(14-25(23)33(24)26)19-16-29-27(30-17-19)32-12-6-3-7-13-32/h4-5,8-9,14-17,24H,2-3,6-7,10-13H2,1H3/t24-/m1/s1. The summed E-state index contributed by atoms with van der Waals surface area (Å²) in [6.07, 6.45) is 10.0. The molecule has 5 nitrogen and oxygen atoms in total. The van der Waals surface area contributed by atoms with Crippen molar-refractivity contribution in [3.63, 3.8) is 0 Å². The number of fused-ring (bicyclic) bond motifs is 3. The minimum atomic E-state index is -0.279. The van der Waals surface area contributed by atoms with Gasteiger partial charge in [0.05, 0.1) is 17.1 Å². The Bertz CT molecular complexity index is 1300. The second kappa shape index (κ2) is 8.25. The van der Waals surface area contributed by atoms with Crippen LogP contribution >= 0.6 is 0 Å². The van der Waals surface area contributed by atoms with Crippen molar-refractivity contribution in [2.75, 3.05) is 18.0 Å². The second-order valence-corrected chi connectivity index (χ2v) is 9.15. The van der Waals surface area contributed by atoms with E-state index >= 15 is 4.39 Å². The average Bonchev–Trinajstić information content (AvgIpc) is 3.43. The minimum absolute atomic E-state index is 0.234. The summed E-state index contributed by atoms with van der Waals surface area (Å²) in [5, 5.41) is 0. The van der Waals surface area contributed by atoms with Gasteiger partial charge in [-0.3, -0.25) is 0 Å². The summed E-state index contributed by atoms with van der Waals surface area (Å²) < 4.78 is 17.5. The molecule has 0 amide bonds. The molecule has 2 aromatic carbocycles. The number of piperidine rings is 1. The molecule has 0 unspecified atom stereocenters. The third-order valence-corrected chi connectivity index (χ3v) is 7.19. The van der Waals surface area contributed by atoms with Crippen molar-refractivity contribution in [2.24, 2.45) is 0 Å². The van der Waals surface area contributed by atoms with Crippen LogP contribution in [-0.4, -0.2) is 32.6 Å². The number of rotatable bonds is 4. The molecular weight excluding hydrogens is 413 g/mol. The van der Waals surface area contributed by atoms with Crippen LogP contribution in [0.4, 0.5) is 10.3 Å². The van der Waals surface area contributed by atoms with Crippen molar-refractivity contribution in [3.05, 3.63) is 71.6 Å². The number of imidazole rings is 1. The van der Waals surface area contributed by atoms with Gasteiger partial charge >= 0.3 is 0 Å². The van der Waals surface area contributed by atoms with E-state index in [9.17, 15) is 0 Å². The van der Waals surface area contributed by atoms with Crippen LogP contribution in [-0.2, 0) is 12.8 Å². The van der Waals surface area contributed by atoms with Gasteiger partial charge in [-0.2, -0.15) is 0 Å². The molecule has 0 radical (unpaired) electrons. The van der Waals surface area contributed by atoms with E-state index in [4.69, 9.17) is 4.98 Å². The molecule has 0 saturated carbocycles. The van der Waals surface area contributed by atoms with Crippen molar-refractivity contribution in [1.82, 2.24) is 19.5 Å². The lowest BCUT2D eigenvalue weighted by atomic mass is 9.97. The van der Waals surface area contributed by atoms with E-state index in [-0.39, 0.29) is 11.9 Å². The molecule has 2 aliphatic rings. The zero-order valence-corrected chi connectivity index (χ0v) is 19.0. The summed E-state index contributed by atoms with van der Waals surface area (Å²) >= 11 is 0. The van der Waals surface area contributed by atoms with Gasteiger partial charge in [0.15, 0.2) is 0 Å². The summed E-state index contributed by atoms with van der Waals surface area (Å²) in [5.41, 5.74) is 5.64. The van der Waals surface area contributed by atoms with Crippen LogP contribution in [0.25, 0.3) is 22.2 Å². The maximum absolute atomic E-state index is 15.1. The third kappa shape index (κ3) is 3.48. The Labute approximate surface area is 193 Å². The average molecular weight is 442 g/mol. The van der Waals surface area contributed by atoms with Crippen LogP contribution in [0, 0.1) is 5.82 Å². The molecule has 4 heterocycles. The predicted octanol–water partition coefficient (Wildman–Crippen LogP) is 5.72. The highest BCUT2D eigenvalue weighted by Gasteiger charge is 2.29. The van der Waals surface area contributed by atoms with E-state index in [0.29, 0.717) is 11.1 Å². The molecule has 0 aliphatic carbocycles. The molecule has 6 rings (SSSR count). The highest BCUT2D eigenvalue weighted by atomic mass is 19.1. The Morgan fingerprint density at radius 2 is 1.82 bits per heavy atom. The van der Waals surface area contributed by atoms with Gasteiger partial charge < -0.3 is 9.47 Å². The van der Waals surface area contributed by atoms with E-state index in [0.717, 1.165) is 55.2 Å². The summed E-state index contributed by atoms with van der Waals surface area (Å²) in [6, 6.07) is 12.4. The summed E-state index contributed by atoms with van der Waals surface area (Å²) in [4.78, 5) is 16.1. The first-order chi connectivity index (χ1) is 16.2. The smallest absolute Gasteiger partial charge is 0.225 e. The van der Waals surface area contributed by atoms with Crippen LogP contribution < -0.4 is 4.90 Å². The monoisotopic (exact) mass is 441 g/mol. The number of anilines is 1. The summed E-state index contributed by atoms with van der Waals surface area (Å²) in [7, 11) is 0. The molecular formula is C27H28FN5. The molecule has 0 spiro atoms. The molecule has 0 bridgehead atoms. The van der Waals surface area contributed by atoms with E-state index in [1.54, 1.807) is 18.5 Å². The SMILES string of the molecule is CCc1ccccc1[C@H]1CCc2nc3cc(F)c(-c4cnc(N5CCCCC5)nc4)cc3n21. The lowest BCUT2D eigenvalue weighted by molar-refractivity contribution is 0.568.